The molecule has 2 heterocycles. The molecule has 3 aromatic carbocycles. The number of carbonyl (C=O) groups is 3. The lowest BCUT2D eigenvalue weighted by Gasteiger charge is -2.26. The molecule has 0 spiro atoms. The first-order chi connectivity index (χ1) is 21.4. The average molecular weight is 650 g/mol. The van der Waals surface area contributed by atoms with Crippen molar-refractivity contribution < 1.29 is 28.6 Å². The molecule has 1 aliphatic heterocycles. The highest BCUT2D eigenvalue weighted by molar-refractivity contribution is 7.22. The van der Waals surface area contributed by atoms with E-state index in [0.29, 0.717) is 54.9 Å². The van der Waals surface area contributed by atoms with Gasteiger partial charge in [0.1, 0.15) is 23.9 Å². The second-order valence-corrected chi connectivity index (χ2v) is 12.1. The number of ketones is 1. The molecule has 0 atom stereocenters. The molecule has 238 valence electrons. The number of hydrogen-bond donors (Lipinski definition) is 0. The topological polar surface area (TPSA) is 82.1 Å². The van der Waals surface area contributed by atoms with Crippen molar-refractivity contribution in [2.75, 3.05) is 26.2 Å². The van der Waals surface area contributed by atoms with E-state index < -0.39 is 0 Å². The lowest BCUT2D eigenvalue weighted by molar-refractivity contribution is -0.135. The van der Waals surface area contributed by atoms with Gasteiger partial charge in [-0.05, 0) is 111 Å². The van der Waals surface area contributed by atoms with Gasteiger partial charge < -0.3 is 14.2 Å². The molecular weight excluding hydrogens is 610 g/mol. The Labute approximate surface area is 274 Å². The van der Waals surface area contributed by atoms with Gasteiger partial charge in [0, 0.05) is 45.5 Å². The van der Waals surface area contributed by atoms with Gasteiger partial charge >= 0.3 is 11.9 Å². The molecule has 5 rings (SSSR count). The fourth-order valence-electron chi connectivity index (χ4n) is 5.34. The number of likely N-dealkylation sites (tertiary alicyclic amines) is 1. The third-order valence-corrected chi connectivity index (χ3v) is 8.82. The van der Waals surface area contributed by atoms with E-state index in [9.17, 15) is 14.4 Å². The fraction of sp³-hybridized carbons (Fsp3) is 0.361. The highest BCUT2D eigenvalue weighted by Gasteiger charge is 2.23. The highest BCUT2D eigenvalue weighted by atomic mass is 35.5. The van der Waals surface area contributed by atoms with Gasteiger partial charge in [-0.25, -0.2) is 0 Å². The first-order valence-electron chi connectivity index (χ1n) is 15.5. The second kappa shape index (κ2) is 16.5. The van der Waals surface area contributed by atoms with Gasteiger partial charge in [0.25, 0.3) is 0 Å². The van der Waals surface area contributed by atoms with Gasteiger partial charge in [-0.1, -0.05) is 20.3 Å². The van der Waals surface area contributed by atoms with E-state index in [1.165, 1.54) is 30.6 Å². The zero-order valence-electron chi connectivity index (χ0n) is 25.8. The van der Waals surface area contributed by atoms with Crippen molar-refractivity contribution >= 4 is 51.6 Å². The van der Waals surface area contributed by atoms with Gasteiger partial charge in [0.05, 0.1) is 0 Å². The van der Waals surface area contributed by atoms with Crippen molar-refractivity contribution in [2.24, 2.45) is 0 Å². The van der Waals surface area contributed by atoms with E-state index in [1.54, 1.807) is 18.2 Å². The van der Waals surface area contributed by atoms with Crippen LogP contribution in [0.2, 0.25) is 0 Å². The lowest BCUT2D eigenvalue weighted by atomic mass is 9.97. The molecule has 1 fully saturated rings. The Morgan fingerprint density at radius 3 is 2.00 bits per heavy atom. The van der Waals surface area contributed by atoms with Crippen LogP contribution in [0.1, 0.15) is 74.7 Å². The predicted molar refractivity (Wildman–Crippen MR) is 181 cm³/mol. The van der Waals surface area contributed by atoms with Gasteiger partial charge in [-0.3, -0.25) is 19.3 Å². The third-order valence-electron chi connectivity index (χ3n) is 7.62. The summed E-state index contributed by atoms with van der Waals surface area (Å²) in [4.78, 5) is 41.4. The van der Waals surface area contributed by atoms with E-state index in [2.05, 4.69) is 4.90 Å². The Kier molecular flexibility index (Phi) is 12.6. The zero-order valence-corrected chi connectivity index (χ0v) is 27.5. The van der Waals surface area contributed by atoms with Crippen LogP contribution >= 0.6 is 23.7 Å². The fourth-order valence-corrected chi connectivity index (χ4v) is 6.57. The summed E-state index contributed by atoms with van der Waals surface area (Å²) in [6, 6.07) is 19.9. The number of carbonyl (C=O) groups excluding carboxylic acids is 3. The normalized spacial score (nSPS) is 13.2. The van der Waals surface area contributed by atoms with Gasteiger partial charge in [-0.15, -0.1) is 23.7 Å². The SMILES string of the molecule is CCCC(=O)Oc1ccc(-c2sc3cc(OC(=O)CCC)ccc3c2C(=O)c2ccc(OCCN3CCCCC3)cc2)cc1.Cl. The van der Waals surface area contributed by atoms with E-state index >= 15 is 0 Å². The monoisotopic (exact) mass is 649 g/mol. The Morgan fingerprint density at radius 1 is 0.756 bits per heavy atom. The number of ether oxygens (including phenoxy) is 3. The van der Waals surface area contributed by atoms with E-state index in [0.717, 1.165) is 45.9 Å². The molecular formula is C36H40ClNO6S. The molecule has 0 N–H and O–H groups in total. The molecule has 9 heteroatoms. The maximum absolute atomic E-state index is 14.1. The van der Waals surface area contributed by atoms with Crippen molar-refractivity contribution in [1.29, 1.82) is 0 Å². The Hall–Kier alpha value is -3.72. The van der Waals surface area contributed by atoms with Crippen LogP contribution in [-0.2, 0) is 9.59 Å². The van der Waals surface area contributed by atoms with Crippen LogP contribution in [0.15, 0.2) is 66.7 Å². The van der Waals surface area contributed by atoms with E-state index in [-0.39, 0.29) is 30.1 Å². The predicted octanol–water partition coefficient (Wildman–Crippen LogP) is 8.50. The number of fused-ring (bicyclic) bond motifs is 1. The molecule has 1 aliphatic rings. The van der Waals surface area contributed by atoms with Gasteiger partial charge in [0.15, 0.2) is 5.78 Å². The summed E-state index contributed by atoms with van der Waals surface area (Å²) in [6.45, 7) is 7.63. The number of halogens is 1. The van der Waals surface area contributed by atoms with Crippen LogP contribution < -0.4 is 14.2 Å². The summed E-state index contributed by atoms with van der Waals surface area (Å²) in [5, 5.41) is 0.783. The summed E-state index contributed by atoms with van der Waals surface area (Å²) >= 11 is 1.46. The maximum atomic E-state index is 14.1. The molecule has 4 aromatic rings. The van der Waals surface area contributed by atoms with Crippen molar-refractivity contribution in [3.05, 3.63) is 77.9 Å². The summed E-state index contributed by atoms with van der Waals surface area (Å²) in [5.74, 6) is 0.976. The van der Waals surface area contributed by atoms with Gasteiger partial charge in [-0.2, -0.15) is 0 Å². The summed E-state index contributed by atoms with van der Waals surface area (Å²) in [7, 11) is 0. The van der Waals surface area contributed by atoms with E-state index in [4.69, 9.17) is 14.2 Å². The van der Waals surface area contributed by atoms with Crippen LogP contribution in [0.25, 0.3) is 20.5 Å². The summed E-state index contributed by atoms with van der Waals surface area (Å²) < 4.78 is 17.8. The molecule has 0 aliphatic carbocycles. The van der Waals surface area contributed by atoms with Crippen molar-refractivity contribution in [2.45, 2.75) is 58.8 Å². The van der Waals surface area contributed by atoms with Crippen LogP contribution in [0.5, 0.6) is 17.2 Å². The molecule has 1 saturated heterocycles. The maximum Gasteiger partial charge on any atom is 0.311 e. The quantitative estimate of drug-likeness (QED) is 0.0816. The molecule has 0 amide bonds. The number of piperidine rings is 1. The molecule has 0 radical (unpaired) electrons. The van der Waals surface area contributed by atoms with Crippen LogP contribution in [0.3, 0.4) is 0 Å². The summed E-state index contributed by atoms with van der Waals surface area (Å²) in [6.07, 6.45) is 5.91. The highest BCUT2D eigenvalue weighted by Crippen LogP contribution is 2.42. The number of thiophene rings is 1. The Morgan fingerprint density at radius 2 is 1.36 bits per heavy atom. The Balaban J connectivity index is 0.00000461. The van der Waals surface area contributed by atoms with E-state index in [1.807, 2.05) is 62.4 Å². The minimum Gasteiger partial charge on any atom is -0.492 e. The molecule has 7 nitrogen and oxygen atoms in total. The third kappa shape index (κ3) is 8.93. The number of nitrogens with zero attached hydrogens (tertiary/aromatic N) is 1. The van der Waals surface area contributed by atoms with Crippen molar-refractivity contribution in [3.63, 3.8) is 0 Å². The first kappa shape index (κ1) is 34.2. The second-order valence-electron chi connectivity index (χ2n) is 11.0. The minimum atomic E-state index is -0.286. The zero-order chi connectivity index (χ0) is 30.9. The van der Waals surface area contributed by atoms with Crippen molar-refractivity contribution in [3.8, 4) is 27.7 Å². The number of hydrogen-bond acceptors (Lipinski definition) is 8. The molecule has 0 saturated carbocycles. The van der Waals surface area contributed by atoms with Crippen molar-refractivity contribution in [1.82, 2.24) is 4.90 Å². The minimum absolute atomic E-state index is 0. The molecule has 0 bridgehead atoms. The first-order valence-corrected chi connectivity index (χ1v) is 16.3. The Bertz CT molecular complexity index is 1590. The molecule has 45 heavy (non-hydrogen) atoms. The summed E-state index contributed by atoms with van der Waals surface area (Å²) in [5.41, 5.74) is 1.95. The number of benzene rings is 3. The standard InChI is InChI=1S/C36H39NO6S.ClH/c1-3-8-32(38)42-28-16-12-26(13-17-28)36-34(30-19-18-29(24-31(30)44-36)43-33(39)9-4-2)35(40)25-10-14-27(15-11-25)41-23-22-37-20-6-5-7-21-37;/h10-19,24H,3-9,20-23H2,1-2H3;1H. The van der Waals surface area contributed by atoms with Crippen LogP contribution in [0, 0.1) is 0 Å². The smallest absolute Gasteiger partial charge is 0.311 e. The average Bonchev–Trinajstić information content (AvgIpc) is 3.41. The lowest BCUT2D eigenvalue weighted by Crippen LogP contribution is -2.33. The van der Waals surface area contributed by atoms with Crippen LogP contribution in [0.4, 0.5) is 0 Å². The molecule has 1 aromatic heterocycles. The number of rotatable bonds is 13. The van der Waals surface area contributed by atoms with Gasteiger partial charge in [0.2, 0.25) is 0 Å². The molecule has 0 unspecified atom stereocenters. The number of esters is 2. The van der Waals surface area contributed by atoms with Crippen LogP contribution in [-0.4, -0.2) is 48.9 Å². The largest absolute Gasteiger partial charge is 0.492 e.